The molecule has 0 spiro atoms. The van der Waals surface area contributed by atoms with Crippen LogP contribution in [0.1, 0.15) is 0 Å². The van der Waals surface area contributed by atoms with Gasteiger partial charge in [-0.1, -0.05) is 0 Å². The van der Waals surface area contributed by atoms with Gasteiger partial charge in [-0.05, 0) is 0 Å². The molecule has 0 unspecified atom stereocenters. The first-order chi connectivity index (χ1) is 1.73. The summed E-state index contributed by atoms with van der Waals surface area (Å²) in [7, 11) is -4.12. The second-order valence-electron chi connectivity index (χ2n) is 0.192. The van der Waals surface area contributed by atoms with Gasteiger partial charge in [0.25, 0.3) is 0 Å². The molecule has 6 heavy (non-hydrogen) atoms. The van der Waals surface area contributed by atoms with Crippen LogP contribution in [0.25, 0.3) is 0 Å². The van der Waals surface area contributed by atoms with Gasteiger partial charge in [0, 0.05) is 37.7 Å². The topological polar surface area (TPSA) is 31.5 Å². The number of hydrogen-bond donors (Lipinski definition) is 0. The summed E-state index contributed by atoms with van der Waals surface area (Å²) in [5.74, 6) is 0. The van der Waals surface area contributed by atoms with E-state index in [9.17, 15) is 12.6 Å². The van der Waals surface area contributed by atoms with Gasteiger partial charge in [0.05, 0.1) is 0 Å². The Balaban J connectivity index is -0.0000000450. The van der Waals surface area contributed by atoms with Crippen LogP contribution in [-0.2, 0) is 0 Å². The van der Waals surface area contributed by atoms with Crippen LogP contribution in [0.3, 0.4) is 0 Å². The van der Waals surface area contributed by atoms with Crippen molar-refractivity contribution in [3.05, 3.63) is 0 Å². The Morgan fingerprint density at radius 1 is 1.00 bits per heavy atom. The summed E-state index contributed by atoms with van der Waals surface area (Å²) in [6.07, 6.45) is 0. The standard InChI is InChI=1S/Ca.F3P.H2O/c;1-4(2)3;/h;;1H2. The molecule has 0 aliphatic heterocycles. The molecule has 0 aromatic carbocycles. The molecular weight excluding hydrogens is 144 g/mol. The Bertz CT molecular complexity index is 15.5. The quantitative estimate of drug-likeness (QED) is 0.359. The largest absolute Gasteiger partial charge is 0.456 e. The Kier molecular flexibility index (Phi) is 25.2. The molecule has 0 saturated heterocycles. The van der Waals surface area contributed by atoms with Crippen molar-refractivity contribution in [2.24, 2.45) is 0 Å². The van der Waals surface area contributed by atoms with Crippen molar-refractivity contribution in [1.29, 1.82) is 0 Å². The third-order valence-electron chi connectivity index (χ3n) is 0. The monoisotopic (exact) mass is 146 g/mol. The van der Waals surface area contributed by atoms with E-state index < -0.39 is 8.85 Å². The Morgan fingerprint density at radius 3 is 1.00 bits per heavy atom. The number of halogens is 3. The summed E-state index contributed by atoms with van der Waals surface area (Å²) in [5.41, 5.74) is 0. The summed E-state index contributed by atoms with van der Waals surface area (Å²) < 4.78 is 29.2. The normalized spacial score (nSPS) is 6.00. The molecule has 2 N–H and O–H groups in total. The van der Waals surface area contributed by atoms with E-state index in [1.807, 2.05) is 0 Å². The Hall–Kier alpha value is 1.44. The molecule has 0 amide bonds. The zero-order valence-corrected chi connectivity index (χ0v) is 5.89. The van der Waals surface area contributed by atoms with E-state index in [4.69, 9.17) is 0 Å². The molecule has 1 nitrogen and oxygen atoms in total. The van der Waals surface area contributed by atoms with E-state index in [1.165, 1.54) is 0 Å². The Morgan fingerprint density at radius 2 is 1.00 bits per heavy atom. The van der Waals surface area contributed by atoms with Gasteiger partial charge in [-0.25, -0.2) is 0 Å². The minimum absolute atomic E-state index is 0. The van der Waals surface area contributed by atoms with Crippen LogP contribution < -0.4 is 0 Å². The van der Waals surface area contributed by atoms with Crippen molar-refractivity contribution in [2.45, 2.75) is 0 Å². The van der Waals surface area contributed by atoms with Gasteiger partial charge in [0.1, 0.15) is 0 Å². The molecule has 0 aliphatic carbocycles. The molecule has 0 saturated carbocycles. The summed E-state index contributed by atoms with van der Waals surface area (Å²) in [6, 6.07) is 0. The van der Waals surface area contributed by atoms with Crippen molar-refractivity contribution in [2.75, 3.05) is 0 Å². The molecule has 0 aromatic rings. The van der Waals surface area contributed by atoms with Gasteiger partial charge in [-0.3, -0.25) is 0 Å². The van der Waals surface area contributed by atoms with E-state index in [0.29, 0.717) is 0 Å². The van der Waals surface area contributed by atoms with Crippen molar-refractivity contribution in [3.63, 3.8) is 0 Å². The average Bonchev–Trinajstić information content (AvgIpc) is 0.811. The van der Waals surface area contributed by atoms with Crippen molar-refractivity contribution in [1.82, 2.24) is 0 Å². The number of hydrogen-bond acceptors (Lipinski definition) is 0. The molecule has 0 heterocycles. The van der Waals surface area contributed by atoms with Gasteiger partial charge in [-0.2, -0.15) is 12.6 Å². The van der Waals surface area contributed by atoms with Gasteiger partial charge in [-0.15, -0.1) is 0 Å². The van der Waals surface area contributed by atoms with E-state index in [-0.39, 0.29) is 43.2 Å². The van der Waals surface area contributed by atoms with E-state index >= 15 is 0 Å². The second-order valence-corrected chi connectivity index (χ2v) is 0.575. The maximum atomic E-state index is 9.73. The molecule has 2 radical (unpaired) electrons. The molecule has 0 aromatic heterocycles. The van der Waals surface area contributed by atoms with Crippen LogP contribution in [0.5, 0.6) is 0 Å². The second kappa shape index (κ2) is 9.67. The fourth-order valence-corrected chi connectivity index (χ4v) is 0. The summed E-state index contributed by atoms with van der Waals surface area (Å²) in [5, 5.41) is 0. The van der Waals surface area contributed by atoms with Crippen molar-refractivity contribution >= 4 is 46.6 Å². The Labute approximate surface area is 64.3 Å². The van der Waals surface area contributed by atoms with Crippen LogP contribution in [0.2, 0.25) is 0 Å². The third kappa shape index (κ3) is 51.7. The number of rotatable bonds is 0. The first-order valence-electron chi connectivity index (χ1n) is 0.507. The SMILES string of the molecule is FP(F)F.O.[Ca]. The molecule has 6 heteroatoms. The smallest absolute Gasteiger partial charge is 0.412 e. The van der Waals surface area contributed by atoms with Gasteiger partial charge >= 0.3 is 8.85 Å². The molecule has 0 aliphatic rings. The van der Waals surface area contributed by atoms with Crippen LogP contribution in [0, 0.1) is 0 Å². The van der Waals surface area contributed by atoms with Crippen molar-refractivity contribution in [3.8, 4) is 0 Å². The van der Waals surface area contributed by atoms with Crippen LogP contribution in [0.4, 0.5) is 12.6 Å². The predicted molar refractivity (Wildman–Crippen MR) is 19.6 cm³/mol. The molecule has 36 valence electrons. The zero-order valence-electron chi connectivity index (χ0n) is 2.79. The average molecular weight is 146 g/mol. The fourth-order valence-electron chi connectivity index (χ4n) is 0. The van der Waals surface area contributed by atoms with E-state index in [1.54, 1.807) is 0 Å². The maximum Gasteiger partial charge on any atom is 0.456 e. The zero-order chi connectivity index (χ0) is 3.58. The van der Waals surface area contributed by atoms with Crippen LogP contribution >= 0.6 is 8.85 Å². The molecule has 0 atom stereocenters. The summed E-state index contributed by atoms with van der Waals surface area (Å²) in [6.45, 7) is 0. The molecular formula is H2CaF3OP. The summed E-state index contributed by atoms with van der Waals surface area (Å²) >= 11 is 0. The van der Waals surface area contributed by atoms with Crippen LogP contribution in [0.15, 0.2) is 0 Å². The summed E-state index contributed by atoms with van der Waals surface area (Å²) in [4.78, 5) is 0. The van der Waals surface area contributed by atoms with Crippen LogP contribution in [-0.4, -0.2) is 43.2 Å². The van der Waals surface area contributed by atoms with Crippen molar-refractivity contribution < 1.29 is 18.1 Å². The first-order valence-corrected chi connectivity index (χ1v) is 1.52. The fraction of sp³-hybridized carbons (Fsp3) is 0. The van der Waals surface area contributed by atoms with Gasteiger partial charge in [0.2, 0.25) is 0 Å². The maximum absolute atomic E-state index is 9.73. The van der Waals surface area contributed by atoms with E-state index in [2.05, 4.69) is 0 Å². The molecule has 0 bridgehead atoms. The predicted octanol–water partition coefficient (Wildman–Crippen LogP) is 0.916. The van der Waals surface area contributed by atoms with Gasteiger partial charge in [0.15, 0.2) is 0 Å². The van der Waals surface area contributed by atoms with E-state index in [0.717, 1.165) is 0 Å². The van der Waals surface area contributed by atoms with Gasteiger partial charge < -0.3 is 5.48 Å². The minimum atomic E-state index is -4.12. The first kappa shape index (κ1) is 15.7. The third-order valence-corrected chi connectivity index (χ3v) is 0. The minimum Gasteiger partial charge on any atom is -0.412 e. The molecule has 0 fully saturated rings. The molecule has 0 rings (SSSR count).